The van der Waals surface area contributed by atoms with Crippen LogP contribution in [0.3, 0.4) is 0 Å². The number of nitrogens with zero attached hydrogens (tertiary/aromatic N) is 3. The summed E-state index contributed by atoms with van der Waals surface area (Å²) in [5.74, 6) is 2.00. The Morgan fingerprint density at radius 3 is 2.68 bits per heavy atom. The molecule has 6 nitrogen and oxygen atoms in total. The van der Waals surface area contributed by atoms with Crippen molar-refractivity contribution in [1.29, 1.82) is 0 Å². The number of nitrogens with one attached hydrogen (secondary N) is 2. The lowest BCUT2D eigenvalue weighted by atomic mass is 9.83. The zero-order valence-electron chi connectivity index (χ0n) is 19.0. The first kappa shape index (κ1) is 25.6. The maximum atomic E-state index is 5.35. The van der Waals surface area contributed by atoms with Gasteiger partial charge in [-0.05, 0) is 37.2 Å². The lowest BCUT2D eigenvalue weighted by Crippen LogP contribution is -2.39. The number of rotatable bonds is 11. The zero-order chi connectivity index (χ0) is 21.1. The minimum Gasteiger partial charge on any atom is -0.385 e. The van der Waals surface area contributed by atoms with E-state index in [9.17, 15) is 0 Å². The molecule has 7 heteroatoms. The molecule has 1 saturated carbocycles. The van der Waals surface area contributed by atoms with Crippen LogP contribution >= 0.6 is 24.0 Å². The van der Waals surface area contributed by atoms with Crippen molar-refractivity contribution < 1.29 is 4.74 Å². The lowest BCUT2D eigenvalue weighted by Gasteiger charge is -2.27. The normalized spacial score (nSPS) is 15.5. The third kappa shape index (κ3) is 8.11. The highest BCUT2D eigenvalue weighted by Gasteiger charge is 2.33. The van der Waals surface area contributed by atoms with E-state index in [2.05, 4.69) is 63.6 Å². The van der Waals surface area contributed by atoms with Crippen molar-refractivity contribution in [2.24, 2.45) is 10.4 Å². The molecular formula is C24H38IN5O. The van der Waals surface area contributed by atoms with Crippen molar-refractivity contribution in [3.8, 4) is 0 Å². The van der Waals surface area contributed by atoms with E-state index in [0.29, 0.717) is 5.41 Å². The van der Waals surface area contributed by atoms with Crippen LogP contribution in [0.1, 0.15) is 50.4 Å². The standard InChI is InChI=1S/C24H37N5O.HI/c1-3-25-23(28-20-24(14-18-30-2)12-7-8-13-24)27-15-11-22-26-16-17-29(22)19-21-9-5-4-6-10-21;/h4-6,9-10,16-17H,3,7-8,11-15,18-20H2,1-2H3,(H2,25,27,28);1H. The third-order valence-electron chi connectivity index (χ3n) is 6.06. The minimum absolute atomic E-state index is 0. The smallest absolute Gasteiger partial charge is 0.191 e. The summed E-state index contributed by atoms with van der Waals surface area (Å²) in [6.07, 6.45) is 11.0. The minimum atomic E-state index is 0. The fraction of sp³-hybridized carbons (Fsp3) is 0.583. The summed E-state index contributed by atoms with van der Waals surface area (Å²) in [6, 6.07) is 10.5. The molecule has 31 heavy (non-hydrogen) atoms. The molecular weight excluding hydrogens is 501 g/mol. The van der Waals surface area contributed by atoms with Crippen LogP contribution in [0.5, 0.6) is 0 Å². The fourth-order valence-electron chi connectivity index (χ4n) is 4.30. The van der Waals surface area contributed by atoms with E-state index in [1.807, 2.05) is 6.20 Å². The third-order valence-corrected chi connectivity index (χ3v) is 6.06. The maximum absolute atomic E-state index is 5.35. The summed E-state index contributed by atoms with van der Waals surface area (Å²) in [5.41, 5.74) is 1.60. The lowest BCUT2D eigenvalue weighted by molar-refractivity contribution is 0.141. The monoisotopic (exact) mass is 539 g/mol. The maximum Gasteiger partial charge on any atom is 0.191 e. The molecule has 1 aliphatic rings. The predicted octanol–water partition coefficient (Wildman–Crippen LogP) is 4.24. The molecule has 0 saturated heterocycles. The highest BCUT2D eigenvalue weighted by Crippen LogP contribution is 2.41. The van der Waals surface area contributed by atoms with Crippen LogP contribution in [0, 0.1) is 5.41 Å². The van der Waals surface area contributed by atoms with Crippen LogP contribution < -0.4 is 10.6 Å². The van der Waals surface area contributed by atoms with E-state index < -0.39 is 0 Å². The van der Waals surface area contributed by atoms with Gasteiger partial charge in [0.1, 0.15) is 5.82 Å². The molecule has 0 amide bonds. The second kappa shape index (κ2) is 13.7. The summed E-state index contributed by atoms with van der Waals surface area (Å²) in [7, 11) is 1.79. The first-order valence-corrected chi connectivity index (χ1v) is 11.3. The number of guanidine groups is 1. The first-order valence-electron chi connectivity index (χ1n) is 11.3. The topological polar surface area (TPSA) is 63.5 Å². The van der Waals surface area contributed by atoms with Crippen molar-refractivity contribution in [1.82, 2.24) is 20.2 Å². The molecule has 1 aromatic heterocycles. The van der Waals surface area contributed by atoms with E-state index in [1.165, 1.54) is 31.2 Å². The van der Waals surface area contributed by atoms with E-state index in [1.54, 1.807) is 7.11 Å². The van der Waals surface area contributed by atoms with Gasteiger partial charge in [-0.25, -0.2) is 4.98 Å². The van der Waals surface area contributed by atoms with Gasteiger partial charge in [0.2, 0.25) is 0 Å². The van der Waals surface area contributed by atoms with Gasteiger partial charge in [0.15, 0.2) is 5.96 Å². The Morgan fingerprint density at radius 2 is 1.97 bits per heavy atom. The molecule has 0 bridgehead atoms. The van der Waals surface area contributed by atoms with E-state index in [-0.39, 0.29) is 24.0 Å². The summed E-state index contributed by atoms with van der Waals surface area (Å²) in [6.45, 7) is 6.33. The Balaban J connectivity index is 0.00000341. The van der Waals surface area contributed by atoms with Gasteiger partial charge in [0, 0.05) is 58.7 Å². The zero-order valence-corrected chi connectivity index (χ0v) is 21.3. The summed E-state index contributed by atoms with van der Waals surface area (Å²) in [4.78, 5) is 9.50. The molecule has 1 heterocycles. The number of methoxy groups -OCH3 is 1. The van der Waals surface area contributed by atoms with Gasteiger partial charge in [-0.1, -0.05) is 43.2 Å². The highest BCUT2D eigenvalue weighted by molar-refractivity contribution is 14.0. The molecule has 1 fully saturated rings. The Bertz CT molecular complexity index is 771. The molecule has 0 spiro atoms. The number of aliphatic imine (C=N–C) groups is 1. The first-order chi connectivity index (χ1) is 14.7. The number of hydrogen-bond donors (Lipinski definition) is 2. The summed E-state index contributed by atoms with van der Waals surface area (Å²) in [5, 5.41) is 6.90. The van der Waals surface area contributed by atoms with Gasteiger partial charge < -0.3 is 19.9 Å². The molecule has 2 N–H and O–H groups in total. The second-order valence-electron chi connectivity index (χ2n) is 8.28. The number of imidazole rings is 1. The average Bonchev–Trinajstić information content (AvgIpc) is 3.41. The van der Waals surface area contributed by atoms with E-state index >= 15 is 0 Å². The Morgan fingerprint density at radius 1 is 1.19 bits per heavy atom. The predicted molar refractivity (Wildman–Crippen MR) is 138 cm³/mol. The average molecular weight is 540 g/mol. The second-order valence-corrected chi connectivity index (χ2v) is 8.28. The molecule has 0 radical (unpaired) electrons. The number of hydrogen-bond acceptors (Lipinski definition) is 3. The number of halogens is 1. The van der Waals surface area contributed by atoms with Crippen molar-refractivity contribution in [2.75, 3.05) is 33.4 Å². The highest BCUT2D eigenvalue weighted by atomic mass is 127. The van der Waals surface area contributed by atoms with Crippen molar-refractivity contribution >= 4 is 29.9 Å². The van der Waals surface area contributed by atoms with Crippen LogP contribution in [0.2, 0.25) is 0 Å². The van der Waals surface area contributed by atoms with Crippen molar-refractivity contribution in [3.63, 3.8) is 0 Å². The van der Waals surface area contributed by atoms with Crippen LogP contribution in [0.15, 0.2) is 47.7 Å². The van der Waals surface area contributed by atoms with Gasteiger partial charge in [0.05, 0.1) is 0 Å². The molecule has 0 atom stereocenters. The van der Waals surface area contributed by atoms with E-state index in [4.69, 9.17) is 9.73 Å². The van der Waals surface area contributed by atoms with Crippen LogP contribution in [0.4, 0.5) is 0 Å². The van der Waals surface area contributed by atoms with Gasteiger partial charge in [-0.3, -0.25) is 4.99 Å². The van der Waals surface area contributed by atoms with Crippen LogP contribution in [-0.2, 0) is 17.7 Å². The Kier molecular flexibility index (Phi) is 11.4. The summed E-state index contributed by atoms with van der Waals surface area (Å²) < 4.78 is 7.58. The molecule has 0 aliphatic heterocycles. The van der Waals surface area contributed by atoms with Crippen molar-refractivity contribution in [2.45, 2.75) is 52.0 Å². The molecule has 0 unspecified atom stereocenters. The van der Waals surface area contributed by atoms with E-state index in [0.717, 1.165) is 57.4 Å². The number of aromatic nitrogens is 2. The quantitative estimate of drug-likeness (QED) is 0.255. The SMILES string of the molecule is CCNC(=NCC1(CCOC)CCCC1)NCCc1nccn1Cc1ccccc1.I. The van der Waals surface area contributed by atoms with Gasteiger partial charge in [-0.15, -0.1) is 24.0 Å². The summed E-state index contributed by atoms with van der Waals surface area (Å²) >= 11 is 0. The van der Waals surface area contributed by atoms with Crippen LogP contribution in [0.25, 0.3) is 0 Å². The molecule has 2 aromatic rings. The van der Waals surface area contributed by atoms with Gasteiger partial charge >= 0.3 is 0 Å². The number of benzene rings is 1. The molecule has 1 aliphatic carbocycles. The largest absolute Gasteiger partial charge is 0.385 e. The van der Waals surface area contributed by atoms with Gasteiger partial charge in [0.25, 0.3) is 0 Å². The number of ether oxygens (including phenoxy) is 1. The van der Waals surface area contributed by atoms with Crippen molar-refractivity contribution in [3.05, 3.63) is 54.1 Å². The Hall–Kier alpha value is -1.61. The molecule has 172 valence electrons. The molecule has 3 rings (SSSR count). The fourth-order valence-corrected chi connectivity index (χ4v) is 4.30. The Labute approximate surface area is 204 Å². The van der Waals surface area contributed by atoms with Crippen LogP contribution in [-0.4, -0.2) is 48.9 Å². The molecule has 1 aromatic carbocycles. The van der Waals surface area contributed by atoms with Gasteiger partial charge in [-0.2, -0.15) is 0 Å².